The molecule has 0 aliphatic rings. The second kappa shape index (κ2) is 6.01. The average Bonchev–Trinajstić information content (AvgIpc) is 3.23. The lowest BCUT2D eigenvalue weighted by molar-refractivity contribution is -0.391. The molecule has 0 bridgehead atoms. The third-order valence-corrected chi connectivity index (χ3v) is 4.09. The van der Waals surface area contributed by atoms with E-state index in [9.17, 15) is 14.9 Å². The summed E-state index contributed by atoms with van der Waals surface area (Å²) in [6.07, 6.45) is 0. The molecule has 0 saturated carbocycles. The van der Waals surface area contributed by atoms with Crippen LogP contribution in [0.5, 0.6) is 0 Å². The quantitative estimate of drug-likeness (QED) is 0.410. The second-order valence-corrected chi connectivity index (χ2v) is 5.46. The summed E-state index contributed by atoms with van der Waals surface area (Å²) < 4.78 is 9.66. The van der Waals surface area contributed by atoms with Crippen molar-refractivity contribution >= 4 is 23.1 Å². The number of hydrogen-bond donors (Lipinski definition) is 0. The molecule has 0 spiro atoms. The topological polar surface area (TPSA) is 95.5 Å². The van der Waals surface area contributed by atoms with E-state index in [4.69, 9.17) is 4.52 Å². The van der Waals surface area contributed by atoms with E-state index in [0.29, 0.717) is 5.56 Å². The van der Waals surface area contributed by atoms with Crippen molar-refractivity contribution in [1.29, 1.82) is 0 Å². The number of aromatic nitrogens is 1. The molecule has 7 nitrogen and oxygen atoms in total. The van der Waals surface area contributed by atoms with Gasteiger partial charge in [0.15, 0.2) is 5.16 Å². The van der Waals surface area contributed by atoms with Crippen LogP contribution in [0.2, 0.25) is 0 Å². The molecule has 0 radical (unpaired) electrons. The molecule has 0 aliphatic heterocycles. The van der Waals surface area contributed by atoms with Gasteiger partial charge >= 0.3 is 11.8 Å². The van der Waals surface area contributed by atoms with Gasteiger partial charge < -0.3 is 14.9 Å². The van der Waals surface area contributed by atoms with Crippen molar-refractivity contribution in [2.45, 2.75) is 0 Å². The van der Waals surface area contributed by atoms with Crippen LogP contribution in [-0.2, 0) is 4.74 Å². The van der Waals surface area contributed by atoms with Gasteiger partial charge in [-0.25, -0.2) is 4.79 Å². The summed E-state index contributed by atoms with van der Waals surface area (Å²) in [6, 6.07) is 11.0. The molecule has 0 atom stereocenters. The maximum absolute atomic E-state index is 11.9. The highest BCUT2D eigenvalue weighted by Gasteiger charge is 2.33. The first-order valence-electron chi connectivity index (χ1n) is 6.48. The molecule has 0 amide bonds. The fraction of sp³-hybridized carbons (Fsp3) is 0.0667. The van der Waals surface area contributed by atoms with Gasteiger partial charge in [-0.1, -0.05) is 24.3 Å². The van der Waals surface area contributed by atoms with Crippen molar-refractivity contribution in [3.05, 3.63) is 57.5 Å². The number of rotatable bonds is 4. The highest BCUT2D eigenvalue weighted by atomic mass is 32.1. The van der Waals surface area contributed by atoms with Crippen LogP contribution >= 0.6 is 11.3 Å². The summed E-state index contributed by atoms with van der Waals surface area (Å²) in [6.45, 7) is 0. The van der Waals surface area contributed by atoms with E-state index in [-0.39, 0.29) is 11.3 Å². The number of nitro groups is 1. The molecule has 116 valence electrons. The van der Waals surface area contributed by atoms with Crippen LogP contribution in [0, 0.1) is 10.1 Å². The van der Waals surface area contributed by atoms with Crippen molar-refractivity contribution < 1.29 is 19.0 Å². The van der Waals surface area contributed by atoms with E-state index in [1.54, 1.807) is 29.5 Å². The minimum absolute atomic E-state index is 0.0157. The summed E-state index contributed by atoms with van der Waals surface area (Å²) >= 11 is 1.56. The Morgan fingerprint density at radius 2 is 2.09 bits per heavy atom. The molecule has 23 heavy (non-hydrogen) atoms. The van der Waals surface area contributed by atoms with Gasteiger partial charge in [-0.3, -0.25) is 4.52 Å². The first-order chi connectivity index (χ1) is 11.1. The molecule has 3 rings (SSSR count). The zero-order valence-corrected chi connectivity index (χ0v) is 12.7. The molecule has 0 fully saturated rings. The van der Waals surface area contributed by atoms with Crippen LogP contribution in [-0.4, -0.2) is 23.2 Å². The van der Waals surface area contributed by atoms with Gasteiger partial charge in [0.1, 0.15) is 0 Å². The number of carbonyl (C=O) groups excluding carboxylic acids is 1. The summed E-state index contributed by atoms with van der Waals surface area (Å²) in [5.41, 5.74) is 1.13. The Balaban J connectivity index is 2.14. The smallest absolute Gasteiger partial charge is 0.428 e. The zero-order chi connectivity index (χ0) is 16.4. The molecule has 3 aromatic rings. The fourth-order valence-corrected chi connectivity index (χ4v) is 2.87. The lowest BCUT2D eigenvalue weighted by Gasteiger charge is -2.02. The van der Waals surface area contributed by atoms with Crippen LogP contribution in [0.3, 0.4) is 0 Å². The minimum atomic E-state index is -0.866. The van der Waals surface area contributed by atoms with Gasteiger partial charge in [0, 0.05) is 10.4 Å². The number of ether oxygens (including phenoxy) is 1. The highest BCUT2D eigenvalue weighted by molar-refractivity contribution is 7.13. The number of thiophene rings is 1. The second-order valence-electron chi connectivity index (χ2n) is 4.52. The van der Waals surface area contributed by atoms with Gasteiger partial charge in [0.05, 0.1) is 7.11 Å². The minimum Gasteiger partial charge on any atom is -0.465 e. The van der Waals surface area contributed by atoms with Crippen molar-refractivity contribution in [3.8, 4) is 21.8 Å². The molecule has 0 unspecified atom stereocenters. The average molecular weight is 330 g/mol. The molecule has 2 aromatic heterocycles. The molecule has 8 heteroatoms. The Kier molecular flexibility index (Phi) is 3.90. The molecule has 0 N–H and O–H groups in total. The monoisotopic (exact) mass is 330 g/mol. The maximum atomic E-state index is 11.9. The van der Waals surface area contributed by atoms with E-state index in [0.717, 1.165) is 17.6 Å². The van der Waals surface area contributed by atoms with Crippen molar-refractivity contribution in [1.82, 2.24) is 5.16 Å². The summed E-state index contributed by atoms with van der Waals surface area (Å²) in [5, 5.41) is 16.3. The number of hydrogen-bond acceptors (Lipinski definition) is 7. The SMILES string of the molecule is COC(=O)c1c([N+](=O)[O-])noc1-c1cccc(-c2cccs2)c1. The standard InChI is InChI=1S/C15H10N2O5S/c1-21-15(18)12-13(22-16-14(12)17(19)20)10-5-2-4-9(8-10)11-6-3-7-23-11/h2-8H,1H3. The summed E-state index contributed by atoms with van der Waals surface area (Å²) in [7, 11) is 1.14. The molecule has 1 aromatic carbocycles. The van der Waals surface area contributed by atoms with Crippen molar-refractivity contribution in [2.75, 3.05) is 7.11 Å². The highest BCUT2D eigenvalue weighted by Crippen LogP contribution is 2.34. The summed E-state index contributed by atoms with van der Waals surface area (Å²) in [4.78, 5) is 23.2. The number of benzene rings is 1. The number of methoxy groups -OCH3 is 1. The number of nitrogens with zero attached hydrogens (tertiary/aromatic N) is 2. The van der Waals surface area contributed by atoms with Gasteiger partial charge in [0.25, 0.3) is 0 Å². The lowest BCUT2D eigenvalue weighted by Crippen LogP contribution is -2.05. The normalized spacial score (nSPS) is 10.5. The molecule has 0 aliphatic carbocycles. The molecular weight excluding hydrogens is 320 g/mol. The third-order valence-electron chi connectivity index (χ3n) is 3.17. The number of carbonyl (C=O) groups is 1. The third kappa shape index (κ3) is 2.71. The van der Waals surface area contributed by atoms with E-state index in [1.807, 2.05) is 23.6 Å². The van der Waals surface area contributed by atoms with E-state index in [2.05, 4.69) is 9.89 Å². The van der Waals surface area contributed by atoms with Crippen LogP contribution in [0.1, 0.15) is 10.4 Å². The van der Waals surface area contributed by atoms with Gasteiger partial charge in [0.2, 0.25) is 11.3 Å². The molecule has 0 saturated heterocycles. The van der Waals surface area contributed by atoms with Gasteiger partial charge in [-0.15, -0.1) is 11.3 Å². The largest absolute Gasteiger partial charge is 0.465 e. The molecule has 2 heterocycles. The Bertz CT molecular complexity index is 870. The van der Waals surface area contributed by atoms with Crippen LogP contribution in [0.15, 0.2) is 46.3 Å². The Morgan fingerprint density at radius 1 is 1.30 bits per heavy atom. The first-order valence-corrected chi connectivity index (χ1v) is 7.36. The van der Waals surface area contributed by atoms with E-state index >= 15 is 0 Å². The maximum Gasteiger partial charge on any atom is 0.428 e. The summed E-state index contributed by atoms with van der Waals surface area (Å²) in [5.74, 6) is -1.51. The number of esters is 1. The predicted octanol–water partition coefficient (Wildman–Crippen LogP) is 3.76. The van der Waals surface area contributed by atoms with Crippen LogP contribution in [0.25, 0.3) is 21.8 Å². The Morgan fingerprint density at radius 3 is 2.74 bits per heavy atom. The molecular formula is C15H10N2O5S. The lowest BCUT2D eigenvalue weighted by atomic mass is 10.0. The van der Waals surface area contributed by atoms with Gasteiger partial charge in [-0.05, 0) is 28.0 Å². The van der Waals surface area contributed by atoms with Crippen molar-refractivity contribution in [2.24, 2.45) is 0 Å². The first kappa shape index (κ1) is 14.9. The zero-order valence-electron chi connectivity index (χ0n) is 11.9. The van der Waals surface area contributed by atoms with Crippen LogP contribution in [0.4, 0.5) is 5.82 Å². The Labute approximate surface area is 134 Å². The predicted molar refractivity (Wildman–Crippen MR) is 83.2 cm³/mol. The van der Waals surface area contributed by atoms with E-state index in [1.165, 1.54) is 0 Å². The van der Waals surface area contributed by atoms with E-state index < -0.39 is 16.7 Å². The van der Waals surface area contributed by atoms with Crippen LogP contribution < -0.4 is 0 Å². The van der Waals surface area contributed by atoms with Crippen molar-refractivity contribution in [3.63, 3.8) is 0 Å². The Hall–Kier alpha value is -3.00. The van der Waals surface area contributed by atoms with Gasteiger partial charge in [-0.2, -0.15) is 0 Å². The fourth-order valence-electron chi connectivity index (χ4n) is 2.15.